The van der Waals surface area contributed by atoms with Gasteiger partial charge < -0.3 is 25.3 Å². The van der Waals surface area contributed by atoms with Gasteiger partial charge in [0, 0.05) is 18.8 Å². The van der Waals surface area contributed by atoms with Crippen LogP contribution in [0, 0.1) is 0 Å². The van der Waals surface area contributed by atoms with Gasteiger partial charge in [0.2, 0.25) is 5.91 Å². The summed E-state index contributed by atoms with van der Waals surface area (Å²) in [5, 5.41) is 2.75. The van der Waals surface area contributed by atoms with Gasteiger partial charge in [0.25, 0.3) is 0 Å². The number of hydrogen-bond acceptors (Lipinski definition) is 7. The van der Waals surface area contributed by atoms with Gasteiger partial charge in [0.1, 0.15) is 19.0 Å². The molecular formula is C18H30N4O4. The van der Waals surface area contributed by atoms with Crippen LogP contribution in [-0.2, 0) is 14.3 Å². The van der Waals surface area contributed by atoms with Gasteiger partial charge >= 0.3 is 0 Å². The lowest BCUT2D eigenvalue weighted by molar-refractivity contribution is -0.126. The van der Waals surface area contributed by atoms with Crippen LogP contribution in [0.2, 0.25) is 0 Å². The number of nitrogens with two attached hydrogens (primary N) is 1. The minimum absolute atomic E-state index is 0.0110. The Morgan fingerprint density at radius 2 is 2.15 bits per heavy atom. The predicted molar refractivity (Wildman–Crippen MR) is 98.0 cm³/mol. The molecular weight excluding hydrogens is 336 g/mol. The lowest BCUT2D eigenvalue weighted by Gasteiger charge is -2.19. The second-order valence-corrected chi connectivity index (χ2v) is 6.24. The number of nitrogens with one attached hydrogen (secondary N) is 1. The van der Waals surface area contributed by atoms with Crippen molar-refractivity contribution < 1.29 is 19.0 Å². The summed E-state index contributed by atoms with van der Waals surface area (Å²) >= 11 is 0. The summed E-state index contributed by atoms with van der Waals surface area (Å²) in [7, 11) is 2.13. The van der Waals surface area contributed by atoms with Crippen LogP contribution >= 0.6 is 0 Å². The van der Waals surface area contributed by atoms with E-state index in [-0.39, 0.29) is 12.5 Å². The summed E-state index contributed by atoms with van der Waals surface area (Å²) < 4.78 is 16.1. The number of carbonyl (C=O) groups is 1. The average molecular weight is 366 g/mol. The maximum Gasteiger partial charge on any atom is 0.246 e. The molecule has 1 aliphatic heterocycles. The SMILES string of the molecule is CN1CCC[C@H]1c1cncc(OCCNC(=O)COCCOCCN)c1. The zero-order chi connectivity index (χ0) is 18.6. The summed E-state index contributed by atoms with van der Waals surface area (Å²) in [6.07, 6.45) is 5.95. The largest absolute Gasteiger partial charge is 0.490 e. The average Bonchev–Trinajstić information content (AvgIpc) is 3.08. The molecule has 0 bridgehead atoms. The summed E-state index contributed by atoms with van der Waals surface area (Å²) in [4.78, 5) is 18.2. The van der Waals surface area contributed by atoms with Gasteiger partial charge in [-0.1, -0.05) is 0 Å². The van der Waals surface area contributed by atoms with E-state index in [0.29, 0.717) is 45.6 Å². The lowest BCUT2D eigenvalue weighted by atomic mass is 10.1. The van der Waals surface area contributed by atoms with E-state index in [9.17, 15) is 4.79 Å². The Kier molecular flexibility index (Phi) is 9.33. The number of hydrogen-bond donors (Lipinski definition) is 2. The third-order valence-corrected chi connectivity index (χ3v) is 4.20. The van der Waals surface area contributed by atoms with E-state index >= 15 is 0 Å². The van der Waals surface area contributed by atoms with Crippen molar-refractivity contribution >= 4 is 5.91 Å². The fraction of sp³-hybridized carbons (Fsp3) is 0.667. The van der Waals surface area contributed by atoms with Crippen LogP contribution in [0.1, 0.15) is 24.4 Å². The molecule has 26 heavy (non-hydrogen) atoms. The minimum Gasteiger partial charge on any atom is -0.490 e. The van der Waals surface area contributed by atoms with Crippen molar-refractivity contribution in [3.63, 3.8) is 0 Å². The molecule has 1 fully saturated rings. The number of amides is 1. The van der Waals surface area contributed by atoms with E-state index in [1.807, 2.05) is 12.3 Å². The molecule has 0 spiro atoms. The van der Waals surface area contributed by atoms with Gasteiger partial charge in [-0.25, -0.2) is 0 Å². The number of carbonyl (C=O) groups excluding carboxylic acids is 1. The van der Waals surface area contributed by atoms with Gasteiger partial charge in [-0.15, -0.1) is 0 Å². The standard InChI is InChI=1S/C18H30N4O4/c1-22-6-2-3-17(22)15-11-16(13-20-12-15)26-8-5-21-18(23)14-25-10-9-24-7-4-19/h11-13,17H,2-10,14,19H2,1H3,(H,21,23)/t17-/m0/s1. The first-order valence-corrected chi connectivity index (χ1v) is 9.11. The van der Waals surface area contributed by atoms with Crippen LogP contribution in [0.15, 0.2) is 18.5 Å². The van der Waals surface area contributed by atoms with Gasteiger partial charge in [0.05, 0.1) is 32.6 Å². The topological polar surface area (TPSA) is 98.9 Å². The highest BCUT2D eigenvalue weighted by atomic mass is 16.5. The number of likely N-dealkylation sites (tertiary alicyclic amines) is 1. The molecule has 1 aliphatic rings. The first-order chi connectivity index (χ1) is 12.7. The second-order valence-electron chi connectivity index (χ2n) is 6.24. The van der Waals surface area contributed by atoms with Crippen molar-refractivity contribution in [3.05, 3.63) is 24.0 Å². The maximum absolute atomic E-state index is 11.6. The molecule has 2 rings (SSSR count). The molecule has 1 amide bonds. The van der Waals surface area contributed by atoms with E-state index in [2.05, 4.69) is 22.2 Å². The van der Waals surface area contributed by atoms with Gasteiger partial charge in [-0.2, -0.15) is 0 Å². The Labute approximate surface area is 155 Å². The zero-order valence-electron chi connectivity index (χ0n) is 15.5. The number of rotatable bonds is 12. The molecule has 2 heterocycles. The molecule has 3 N–H and O–H groups in total. The molecule has 1 aromatic heterocycles. The van der Waals surface area contributed by atoms with E-state index in [1.165, 1.54) is 12.0 Å². The predicted octanol–water partition coefficient (Wildman–Crippen LogP) is 0.335. The van der Waals surface area contributed by atoms with Crippen LogP contribution in [0.25, 0.3) is 0 Å². The Bertz CT molecular complexity index is 544. The Balaban J connectivity index is 1.59. The highest BCUT2D eigenvalue weighted by molar-refractivity contribution is 5.77. The molecule has 1 saturated heterocycles. The minimum atomic E-state index is -0.174. The maximum atomic E-state index is 11.6. The van der Waals surface area contributed by atoms with Crippen molar-refractivity contribution in [1.29, 1.82) is 0 Å². The Hall–Kier alpha value is -1.74. The highest BCUT2D eigenvalue weighted by Crippen LogP contribution is 2.31. The fourth-order valence-corrected chi connectivity index (χ4v) is 2.91. The fourth-order valence-electron chi connectivity index (χ4n) is 2.91. The van der Waals surface area contributed by atoms with Gasteiger partial charge in [-0.3, -0.25) is 14.7 Å². The highest BCUT2D eigenvalue weighted by Gasteiger charge is 2.23. The summed E-state index contributed by atoms with van der Waals surface area (Å²) in [5.74, 6) is 0.553. The van der Waals surface area contributed by atoms with Crippen LogP contribution in [-0.4, -0.2) is 75.5 Å². The number of pyridine rings is 1. The van der Waals surface area contributed by atoms with Crippen LogP contribution in [0.3, 0.4) is 0 Å². The van der Waals surface area contributed by atoms with Crippen LogP contribution in [0.4, 0.5) is 0 Å². The van der Waals surface area contributed by atoms with E-state index in [1.54, 1.807) is 6.20 Å². The van der Waals surface area contributed by atoms with Crippen molar-refractivity contribution in [2.24, 2.45) is 5.73 Å². The van der Waals surface area contributed by atoms with Gasteiger partial charge in [-0.05, 0) is 38.1 Å². The van der Waals surface area contributed by atoms with Crippen LogP contribution in [0.5, 0.6) is 5.75 Å². The molecule has 8 heteroatoms. The molecule has 1 aromatic rings. The monoisotopic (exact) mass is 366 g/mol. The molecule has 146 valence electrons. The number of nitrogens with zero attached hydrogens (tertiary/aromatic N) is 2. The smallest absolute Gasteiger partial charge is 0.246 e. The third kappa shape index (κ3) is 7.25. The normalized spacial score (nSPS) is 17.4. The van der Waals surface area contributed by atoms with Gasteiger partial charge in [0.15, 0.2) is 0 Å². The van der Waals surface area contributed by atoms with E-state index in [4.69, 9.17) is 19.9 Å². The van der Waals surface area contributed by atoms with Crippen molar-refractivity contribution in [1.82, 2.24) is 15.2 Å². The lowest BCUT2D eigenvalue weighted by Crippen LogP contribution is -2.31. The molecule has 0 aliphatic carbocycles. The third-order valence-electron chi connectivity index (χ3n) is 4.20. The number of ether oxygens (including phenoxy) is 3. The van der Waals surface area contributed by atoms with Crippen molar-refractivity contribution in [2.75, 3.05) is 59.7 Å². The summed E-state index contributed by atoms with van der Waals surface area (Å²) in [5.41, 5.74) is 6.48. The molecule has 0 radical (unpaired) electrons. The molecule has 8 nitrogen and oxygen atoms in total. The first-order valence-electron chi connectivity index (χ1n) is 9.11. The molecule has 0 unspecified atom stereocenters. The van der Waals surface area contributed by atoms with Crippen LogP contribution < -0.4 is 15.8 Å². The number of aromatic nitrogens is 1. The Morgan fingerprint density at radius 1 is 1.31 bits per heavy atom. The summed E-state index contributed by atoms with van der Waals surface area (Å²) in [6, 6.07) is 2.45. The second kappa shape index (κ2) is 11.8. The molecule has 1 atom stereocenters. The van der Waals surface area contributed by atoms with E-state index in [0.717, 1.165) is 18.7 Å². The zero-order valence-corrected chi connectivity index (χ0v) is 15.5. The van der Waals surface area contributed by atoms with Crippen molar-refractivity contribution in [3.8, 4) is 5.75 Å². The van der Waals surface area contributed by atoms with E-state index < -0.39 is 0 Å². The molecule has 0 aromatic carbocycles. The quantitative estimate of drug-likeness (QED) is 0.515. The summed E-state index contributed by atoms with van der Waals surface area (Å²) in [6.45, 7) is 3.72. The first kappa shape index (κ1) is 20.6. The molecule has 0 saturated carbocycles. The van der Waals surface area contributed by atoms with Crippen molar-refractivity contribution in [2.45, 2.75) is 18.9 Å². The Morgan fingerprint density at radius 3 is 2.92 bits per heavy atom.